The Hall–Kier alpha value is -2.42. The molecular weight excluding hydrogens is 280 g/mol. The molecule has 0 saturated carbocycles. The summed E-state index contributed by atoms with van der Waals surface area (Å²) in [5.74, 6) is -0.255. The molecule has 3 N–H and O–H groups in total. The van der Waals surface area contributed by atoms with E-state index >= 15 is 0 Å². The Labute approximate surface area is 121 Å². The second-order valence-electron chi connectivity index (χ2n) is 4.85. The highest BCUT2D eigenvalue weighted by molar-refractivity contribution is 5.99. The van der Waals surface area contributed by atoms with E-state index in [4.69, 9.17) is 20.4 Å². The van der Waals surface area contributed by atoms with E-state index in [9.17, 15) is 10.1 Å². The van der Waals surface area contributed by atoms with Crippen molar-refractivity contribution in [2.45, 2.75) is 25.9 Å². The van der Waals surface area contributed by atoms with Crippen LogP contribution in [0.2, 0.25) is 0 Å². The molecule has 1 aromatic rings. The minimum atomic E-state index is -0.626. The molecule has 9 nitrogen and oxygen atoms in total. The summed E-state index contributed by atoms with van der Waals surface area (Å²) in [6.45, 7) is 4.05. The fourth-order valence-electron chi connectivity index (χ4n) is 1.39. The van der Waals surface area contributed by atoms with Gasteiger partial charge in [0, 0.05) is 19.6 Å². The topological polar surface area (TPSA) is 133 Å². The molecule has 0 saturated heterocycles. The van der Waals surface area contributed by atoms with Crippen molar-refractivity contribution in [1.29, 1.82) is 0 Å². The van der Waals surface area contributed by atoms with Gasteiger partial charge < -0.3 is 20.4 Å². The van der Waals surface area contributed by atoms with Crippen LogP contribution in [0.5, 0.6) is 5.88 Å². The van der Waals surface area contributed by atoms with Crippen molar-refractivity contribution in [2.75, 3.05) is 13.7 Å². The Morgan fingerprint density at radius 2 is 2.29 bits per heavy atom. The molecule has 9 heteroatoms. The molecule has 1 rings (SSSR count). The number of oxime groups is 1. The first-order valence-electron chi connectivity index (χ1n) is 6.11. The van der Waals surface area contributed by atoms with Crippen LogP contribution in [0.4, 0.5) is 5.69 Å². The van der Waals surface area contributed by atoms with Crippen molar-refractivity contribution < 1.29 is 19.6 Å². The Kier molecular flexibility index (Phi) is 5.42. The van der Waals surface area contributed by atoms with Crippen LogP contribution in [-0.4, -0.2) is 40.3 Å². The number of nitro groups is 1. The van der Waals surface area contributed by atoms with E-state index in [-0.39, 0.29) is 35.2 Å². The highest BCUT2D eigenvalue weighted by atomic mass is 16.6. The third kappa shape index (κ3) is 4.56. The lowest BCUT2D eigenvalue weighted by atomic mass is 10.1. The summed E-state index contributed by atoms with van der Waals surface area (Å²) in [6, 6.07) is 1.14. The fourth-order valence-corrected chi connectivity index (χ4v) is 1.39. The zero-order valence-corrected chi connectivity index (χ0v) is 12.1. The van der Waals surface area contributed by atoms with Crippen LogP contribution < -0.4 is 10.5 Å². The summed E-state index contributed by atoms with van der Waals surface area (Å²) in [4.78, 5) is 13.9. The predicted molar refractivity (Wildman–Crippen MR) is 74.6 cm³/mol. The van der Waals surface area contributed by atoms with Crippen LogP contribution in [0.3, 0.4) is 0 Å². The van der Waals surface area contributed by atoms with Crippen molar-refractivity contribution in [1.82, 2.24) is 4.98 Å². The summed E-state index contributed by atoms with van der Waals surface area (Å²) in [6.07, 6.45) is 1.61. The first kappa shape index (κ1) is 16.6. The Balaban J connectivity index is 2.94. The molecule has 0 aliphatic heterocycles. The van der Waals surface area contributed by atoms with Crippen LogP contribution in [-0.2, 0) is 4.74 Å². The Morgan fingerprint density at radius 1 is 1.62 bits per heavy atom. The molecule has 116 valence electrons. The monoisotopic (exact) mass is 298 g/mol. The lowest BCUT2D eigenvalue weighted by Gasteiger charge is -2.22. The van der Waals surface area contributed by atoms with Crippen LogP contribution >= 0.6 is 0 Å². The number of nitrogens with zero attached hydrogens (tertiary/aromatic N) is 3. The average Bonchev–Trinajstić information content (AvgIpc) is 2.46. The maximum atomic E-state index is 10.7. The number of amidine groups is 1. The van der Waals surface area contributed by atoms with Gasteiger partial charge in [-0.15, -0.1) is 0 Å². The molecule has 0 aromatic carbocycles. The van der Waals surface area contributed by atoms with Gasteiger partial charge in [0.2, 0.25) is 5.88 Å². The van der Waals surface area contributed by atoms with Gasteiger partial charge in [0.25, 0.3) is 5.69 Å². The zero-order chi connectivity index (χ0) is 16.0. The SMILES string of the molecule is COC(C)(C)CCOc1ncc([N+](=O)[O-])cc1C(N)=NO. The number of nitrogens with two attached hydrogens (primary N) is 1. The van der Waals surface area contributed by atoms with Gasteiger partial charge in [-0.2, -0.15) is 0 Å². The summed E-state index contributed by atoms with van der Waals surface area (Å²) in [5.41, 5.74) is 4.88. The molecular formula is C12H18N4O5. The molecule has 0 aliphatic rings. The largest absolute Gasteiger partial charge is 0.477 e. The number of rotatable bonds is 7. The van der Waals surface area contributed by atoms with Gasteiger partial charge in [0.1, 0.15) is 6.20 Å². The van der Waals surface area contributed by atoms with Crippen molar-refractivity contribution in [3.05, 3.63) is 27.9 Å². The number of hydrogen-bond acceptors (Lipinski definition) is 7. The van der Waals surface area contributed by atoms with Gasteiger partial charge in [0.05, 0.1) is 22.7 Å². The molecule has 1 aromatic heterocycles. The van der Waals surface area contributed by atoms with Crippen LogP contribution in [0.1, 0.15) is 25.8 Å². The molecule has 0 aliphatic carbocycles. The number of ether oxygens (including phenoxy) is 2. The van der Waals surface area contributed by atoms with Gasteiger partial charge in [-0.1, -0.05) is 5.16 Å². The molecule has 0 spiro atoms. The van der Waals surface area contributed by atoms with E-state index in [1.807, 2.05) is 13.8 Å². The van der Waals surface area contributed by atoms with Crippen LogP contribution in [0.25, 0.3) is 0 Å². The van der Waals surface area contributed by atoms with E-state index in [2.05, 4.69) is 10.1 Å². The maximum absolute atomic E-state index is 10.7. The zero-order valence-electron chi connectivity index (χ0n) is 12.1. The van der Waals surface area contributed by atoms with Crippen LogP contribution in [0, 0.1) is 10.1 Å². The first-order chi connectivity index (χ1) is 9.80. The maximum Gasteiger partial charge on any atom is 0.288 e. The fraction of sp³-hybridized carbons (Fsp3) is 0.500. The minimum Gasteiger partial charge on any atom is -0.477 e. The number of hydrogen-bond donors (Lipinski definition) is 2. The first-order valence-corrected chi connectivity index (χ1v) is 6.11. The van der Waals surface area contributed by atoms with E-state index < -0.39 is 4.92 Å². The van der Waals surface area contributed by atoms with Crippen molar-refractivity contribution in [3.8, 4) is 5.88 Å². The second-order valence-corrected chi connectivity index (χ2v) is 4.85. The smallest absolute Gasteiger partial charge is 0.288 e. The van der Waals surface area contributed by atoms with Gasteiger partial charge in [0.15, 0.2) is 5.84 Å². The van der Waals surface area contributed by atoms with Gasteiger partial charge in [-0.05, 0) is 13.8 Å². The van der Waals surface area contributed by atoms with Crippen molar-refractivity contribution in [2.24, 2.45) is 10.9 Å². The van der Waals surface area contributed by atoms with Gasteiger partial charge >= 0.3 is 0 Å². The van der Waals surface area contributed by atoms with E-state index in [1.165, 1.54) is 0 Å². The Morgan fingerprint density at radius 3 is 2.81 bits per heavy atom. The molecule has 21 heavy (non-hydrogen) atoms. The highest BCUT2D eigenvalue weighted by Crippen LogP contribution is 2.22. The lowest BCUT2D eigenvalue weighted by Crippen LogP contribution is -2.25. The normalized spacial score (nSPS) is 12.2. The summed E-state index contributed by atoms with van der Waals surface area (Å²) >= 11 is 0. The highest BCUT2D eigenvalue weighted by Gasteiger charge is 2.19. The second kappa shape index (κ2) is 6.84. The predicted octanol–water partition coefficient (Wildman–Crippen LogP) is 1.28. The molecule has 0 amide bonds. The Bertz CT molecular complexity index is 544. The molecule has 0 radical (unpaired) electrons. The van der Waals surface area contributed by atoms with Gasteiger partial charge in [-0.25, -0.2) is 4.98 Å². The lowest BCUT2D eigenvalue weighted by molar-refractivity contribution is -0.385. The molecule has 1 heterocycles. The van der Waals surface area contributed by atoms with Crippen molar-refractivity contribution in [3.63, 3.8) is 0 Å². The van der Waals surface area contributed by atoms with E-state index in [0.717, 1.165) is 12.3 Å². The minimum absolute atomic E-state index is 0.0573. The number of pyridine rings is 1. The summed E-state index contributed by atoms with van der Waals surface area (Å²) in [7, 11) is 1.59. The summed E-state index contributed by atoms with van der Waals surface area (Å²) in [5, 5.41) is 22.3. The molecule has 0 unspecified atom stereocenters. The standard InChI is InChI=1S/C12H18N4O5/c1-12(2,20-3)4-5-21-11-9(10(13)15-17)6-8(7-14-11)16(18)19/h6-7,17H,4-5H2,1-3H3,(H2,13,15). The van der Waals surface area contributed by atoms with Gasteiger partial charge in [-0.3, -0.25) is 10.1 Å². The van der Waals surface area contributed by atoms with E-state index in [0.29, 0.717) is 6.42 Å². The third-order valence-electron chi connectivity index (χ3n) is 2.93. The number of aromatic nitrogens is 1. The molecule has 0 fully saturated rings. The molecule has 0 atom stereocenters. The average molecular weight is 298 g/mol. The number of methoxy groups -OCH3 is 1. The third-order valence-corrected chi connectivity index (χ3v) is 2.93. The van der Waals surface area contributed by atoms with Crippen molar-refractivity contribution >= 4 is 11.5 Å². The molecule has 0 bridgehead atoms. The summed E-state index contributed by atoms with van der Waals surface area (Å²) < 4.78 is 10.7. The van der Waals surface area contributed by atoms with Crippen LogP contribution in [0.15, 0.2) is 17.4 Å². The van der Waals surface area contributed by atoms with E-state index in [1.54, 1.807) is 7.11 Å². The quantitative estimate of drug-likeness (QED) is 0.254.